The molecule has 30 heavy (non-hydrogen) atoms. The third-order valence-electron chi connectivity index (χ3n) is 5.98. The molecule has 2 saturated heterocycles. The molecule has 3 rings (SSSR count). The first kappa shape index (κ1) is 24.9. The predicted molar refractivity (Wildman–Crippen MR) is 134 cm³/mol. The maximum absolute atomic E-state index is 12.2. The number of nitrogens with zero attached hydrogens (tertiary/aromatic N) is 3. The van der Waals surface area contributed by atoms with Gasteiger partial charge in [0.1, 0.15) is 0 Å². The molecule has 1 aromatic rings. The number of halogens is 1. The van der Waals surface area contributed by atoms with Crippen LogP contribution in [-0.2, 0) is 11.3 Å². The highest BCUT2D eigenvalue weighted by Crippen LogP contribution is 2.20. The summed E-state index contributed by atoms with van der Waals surface area (Å²) in [6.45, 7) is 9.71. The van der Waals surface area contributed by atoms with Gasteiger partial charge in [0.2, 0.25) is 5.91 Å². The van der Waals surface area contributed by atoms with Gasteiger partial charge in [0, 0.05) is 51.2 Å². The number of nitrogens with one attached hydrogen (secondary N) is 2. The van der Waals surface area contributed by atoms with Gasteiger partial charge < -0.3 is 15.5 Å². The molecule has 0 radical (unpaired) electrons. The van der Waals surface area contributed by atoms with Crippen molar-refractivity contribution in [1.29, 1.82) is 0 Å². The fourth-order valence-electron chi connectivity index (χ4n) is 4.31. The molecule has 2 aliphatic heterocycles. The topological polar surface area (TPSA) is 60.0 Å². The van der Waals surface area contributed by atoms with E-state index >= 15 is 0 Å². The van der Waals surface area contributed by atoms with Crippen molar-refractivity contribution >= 4 is 35.8 Å². The molecule has 0 aromatic heterocycles. The van der Waals surface area contributed by atoms with Crippen LogP contribution in [0.4, 0.5) is 0 Å². The normalized spacial score (nSPS) is 22.5. The van der Waals surface area contributed by atoms with E-state index in [1.807, 2.05) is 4.90 Å². The van der Waals surface area contributed by atoms with Gasteiger partial charge in [0.05, 0.1) is 6.54 Å². The van der Waals surface area contributed by atoms with Crippen molar-refractivity contribution in [3.63, 3.8) is 0 Å². The molecule has 2 N–H and O–H groups in total. The molecular weight excluding hydrogens is 489 g/mol. The van der Waals surface area contributed by atoms with E-state index in [0.29, 0.717) is 25.0 Å². The van der Waals surface area contributed by atoms with Crippen LogP contribution in [0.15, 0.2) is 35.3 Å². The van der Waals surface area contributed by atoms with E-state index in [0.717, 1.165) is 64.4 Å². The third-order valence-corrected chi connectivity index (χ3v) is 5.98. The first-order valence-corrected chi connectivity index (χ1v) is 11.3. The second-order valence-electron chi connectivity index (χ2n) is 8.27. The predicted octanol–water partition coefficient (Wildman–Crippen LogP) is 3.23. The van der Waals surface area contributed by atoms with Crippen molar-refractivity contribution in [2.24, 2.45) is 4.99 Å². The van der Waals surface area contributed by atoms with Gasteiger partial charge in [0.25, 0.3) is 0 Å². The van der Waals surface area contributed by atoms with E-state index in [4.69, 9.17) is 0 Å². The summed E-state index contributed by atoms with van der Waals surface area (Å²) in [5.74, 6) is 1.08. The molecule has 1 aromatic carbocycles. The van der Waals surface area contributed by atoms with Gasteiger partial charge in [-0.3, -0.25) is 14.7 Å². The van der Waals surface area contributed by atoms with Gasteiger partial charge in [-0.15, -0.1) is 24.0 Å². The Labute approximate surface area is 198 Å². The van der Waals surface area contributed by atoms with E-state index in [1.54, 1.807) is 0 Å². The lowest BCUT2D eigenvalue weighted by atomic mass is 9.97. The van der Waals surface area contributed by atoms with Gasteiger partial charge in [-0.05, 0) is 45.1 Å². The van der Waals surface area contributed by atoms with Crippen LogP contribution < -0.4 is 10.6 Å². The van der Waals surface area contributed by atoms with Crippen molar-refractivity contribution in [1.82, 2.24) is 20.4 Å². The smallest absolute Gasteiger partial charge is 0.224 e. The first-order valence-electron chi connectivity index (χ1n) is 11.3. The number of amides is 1. The number of hydrogen-bond acceptors (Lipinski definition) is 3. The van der Waals surface area contributed by atoms with Crippen molar-refractivity contribution in [3.05, 3.63) is 35.9 Å². The Morgan fingerprint density at radius 3 is 2.57 bits per heavy atom. The van der Waals surface area contributed by atoms with E-state index in [2.05, 4.69) is 64.7 Å². The summed E-state index contributed by atoms with van der Waals surface area (Å²) in [7, 11) is 0. The minimum Gasteiger partial charge on any atom is -0.357 e. The average molecular weight is 527 g/mol. The van der Waals surface area contributed by atoms with E-state index in [-0.39, 0.29) is 29.9 Å². The van der Waals surface area contributed by atoms with Crippen LogP contribution in [0.5, 0.6) is 0 Å². The Morgan fingerprint density at radius 2 is 1.90 bits per heavy atom. The number of rotatable bonds is 7. The summed E-state index contributed by atoms with van der Waals surface area (Å²) in [5.41, 5.74) is 1.38. The van der Waals surface area contributed by atoms with Gasteiger partial charge in [-0.1, -0.05) is 30.3 Å². The summed E-state index contributed by atoms with van der Waals surface area (Å²) in [6.07, 6.45) is 4.99. The van der Waals surface area contributed by atoms with E-state index in [1.165, 1.54) is 5.56 Å². The standard InChI is InChI=1S/C23H37N5O.HI/c1-3-24-23(25-13-11-22(29)27-14-7-8-15-27)26-21-12-16-28(19(2)17-21)18-20-9-5-4-6-10-20;/h4-6,9-10,19,21H,3,7-8,11-18H2,1-2H3,(H2,24,25,26);1H. The summed E-state index contributed by atoms with van der Waals surface area (Å²) in [6, 6.07) is 11.7. The number of aliphatic imine (C=N–C) groups is 1. The second-order valence-corrected chi connectivity index (χ2v) is 8.27. The fraction of sp³-hybridized carbons (Fsp3) is 0.652. The van der Waals surface area contributed by atoms with E-state index < -0.39 is 0 Å². The molecule has 2 aliphatic rings. The maximum Gasteiger partial charge on any atom is 0.224 e. The number of piperidine rings is 1. The second kappa shape index (κ2) is 13.1. The van der Waals surface area contributed by atoms with E-state index in [9.17, 15) is 4.79 Å². The monoisotopic (exact) mass is 527 g/mol. The average Bonchev–Trinajstić information content (AvgIpc) is 3.26. The Balaban J connectivity index is 0.00000320. The lowest BCUT2D eigenvalue weighted by Crippen LogP contribution is -2.51. The number of hydrogen-bond donors (Lipinski definition) is 2. The van der Waals surface area contributed by atoms with Gasteiger partial charge in [-0.25, -0.2) is 0 Å². The Hall–Kier alpha value is -1.35. The van der Waals surface area contributed by atoms with Crippen molar-refractivity contribution in [3.8, 4) is 0 Å². The van der Waals surface area contributed by atoms with Crippen molar-refractivity contribution in [2.75, 3.05) is 32.7 Å². The molecule has 0 saturated carbocycles. The van der Waals surface area contributed by atoms with Crippen LogP contribution in [0, 0.1) is 0 Å². The molecule has 6 nitrogen and oxygen atoms in total. The van der Waals surface area contributed by atoms with Crippen molar-refractivity contribution < 1.29 is 4.79 Å². The van der Waals surface area contributed by atoms with Crippen LogP contribution in [0.1, 0.15) is 51.5 Å². The van der Waals surface area contributed by atoms with Crippen molar-refractivity contribution in [2.45, 2.75) is 64.6 Å². The Morgan fingerprint density at radius 1 is 1.17 bits per heavy atom. The molecule has 2 unspecified atom stereocenters. The summed E-state index contributed by atoms with van der Waals surface area (Å²) >= 11 is 0. The number of guanidine groups is 1. The molecule has 0 bridgehead atoms. The summed E-state index contributed by atoms with van der Waals surface area (Å²) in [5, 5.41) is 6.94. The van der Waals surface area contributed by atoms with Crippen LogP contribution in [0.3, 0.4) is 0 Å². The Bertz CT molecular complexity index is 663. The molecule has 1 amide bonds. The molecule has 0 spiro atoms. The highest BCUT2D eigenvalue weighted by Gasteiger charge is 2.26. The van der Waals surface area contributed by atoms with Gasteiger partial charge in [0.15, 0.2) is 5.96 Å². The minimum absolute atomic E-state index is 0. The highest BCUT2D eigenvalue weighted by atomic mass is 127. The number of carbonyl (C=O) groups is 1. The zero-order chi connectivity index (χ0) is 20.5. The minimum atomic E-state index is 0. The first-order chi connectivity index (χ1) is 14.2. The molecule has 168 valence electrons. The third kappa shape index (κ3) is 7.72. The largest absolute Gasteiger partial charge is 0.357 e. The fourth-order valence-corrected chi connectivity index (χ4v) is 4.31. The maximum atomic E-state index is 12.2. The molecular formula is C23H38IN5O. The van der Waals surface area contributed by atoms with Crippen LogP contribution in [-0.4, -0.2) is 66.5 Å². The Kier molecular flexibility index (Phi) is 10.9. The quantitative estimate of drug-likeness (QED) is 0.325. The van der Waals surface area contributed by atoms with Crippen LogP contribution in [0.25, 0.3) is 0 Å². The SMILES string of the molecule is CCNC(=NCCC(=O)N1CCCC1)NC1CCN(Cc2ccccc2)C(C)C1.I. The highest BCUT2D eigenvalue weighted by molar-refractivity contribution is 14.0. The molecule has 2 heterocycles. The zero-order valence-electron chi connectivity index (χ0n) is 18.5. The van der Waals surface area contributed by atoms with Gasteiger partial charge in [-0.2, -0.15) is 0 Å². The van der Waals surface area contributed by atoms with Gasteiger partial charge >= 0.3 is 0 Å². The lowest BCUT2D eigenvalue weighted by Gasteiger charge is -2.38. The lowest BCUT2D eigenvalue weighted by molar-refractivity contribution is -0.129. The summed E-state index contributed by atoms with van der Waals surface area (Å²) < 4.78 is 0. The molecule has 0 aliphatic carbocycles. The molecule has 7 heteroatoms. The molecule has 2 fully saturated rings. The molecule has 2 atom stereocenters. The zero-order valence-corrected chi connectivity index (χ0v) is 20.8. The van der Waals surface area contributed by atoms with Crippen LogP contribution >= 0.6 is 24.0 Å². The number of carbonyl (C=O) groups excluding carboxylic acids is 1. The summed E-state index contributed by atoms with van der Waals surface area (Å²) in [4.78, 5) is 21.4. The van der Waals surface area contributed by atoms with Crippen LogP contribution in [0.2, 0.25) is 0 Å². The number of benzene rings is 1. The number of likely N-dealkylation sites (tertiary alicyclic amines) is 2.